The first kappa shape index (κ1) is 11.7. The Kier molecular flexibility index (Phi) is 3.79. The summed E-state index contributed by atoms with van der Waals surface area (Å²) >= 11 is 1.38. The number of hydrogen-bond acceptors (Lipinski definition) is 4. The molecule has 0 aliphatic carbocycles. The van der Waals surface area contributed by atoms with Crippen LogP contribution >= 0.6 is 11.3 Å². The minimum absolute atomic E-state index is 0.0328. The van der Waals surface area contributed by atoms with Crippen molar-refractivity contribution < 1.29 is 14.5 Å². The van der Waals surface area contributed by atoms with Crippen LogP contribution in [0.15, 0.2) is 36.1 Å². The van der Waals surface area contributed by atoms with Gasteiger partial charge >= 0.3 is 0 Å². The average Bonchev–Trinajstić information content (AvgIpc) is 2.82. The van der Waals surface area contributed by atoms with Gasteiger partial charge in [0, 0.05) is 23.2 Å². The molecule has 6 heteroatoms. The third kappa shape index (κ3) is 3.33. The summed E-state index contributed by atoms with van der Waals surface area (Å²) in [5, 5.41) is 14.1. The summed E-state index contributed by atoms with van der Waals surface area (Å²) < 4.78 is 1.72. The highest BCUT2D eigenvalue weighted by Crippen LogP contribution is 2.09. The molecule has 17 heavy (non-hydrogen) atoms. The molecule has 0 saturated carbocycles. The lowest BCUT2D eigenvalue weighted by atomic mass is 10.3. The highest BCUT2D eigenvalue weighted by molar-refractivity contribution is 7.13. The summed E-state index contributed by atoms with van der Waals surface area (Å²) in [7, 11) is 0. The van der Waals surface area contributed by atoms with Crippen LogP contribution in [-0.4, -0.2) is 16.0 Å². The van der Waals surface area contributed by atoms with E-state index in [4.69, 9.17) is 5.11 Å². The third-order valence-electron chi connectivity index (χ3n) is 2.11. The Morgan fingerprint density at radius 1 is 1.59 bits per heavy atom. The molecule has 5 nitrogen and oxygen atoms in total. The fourth-order valence-corrected chi connectivity index (χ4v) is 1.92. The Labute approximate surface area is 102 Å². The fourth-order valence-electron chi connectivity index (χ4n) is 1.38. The quantitative estimate of drug-likeness (QED) is 0.779. The van der Waals surface area contributed by atoms with Gasteiger partial charge in [-0.15, -0.1) is 11.3 Å². The lowest BCUT2D eigenvalue weighted by Gasteiger charge is -1.99. The number of carbonyl (C=O) groups is 1. The maximum atomic E-state index is 11.7. The zero-order chi connectivity index (χ0) is 12.1. The predicted molar refractivity (Wildman–Crippen MR) is 63.3 cm³/mol. The van der Waals surface area contributed by atoms with Crippen molar-refractivity contribution >= 4 is 22.4 Å². The van der Waals surface area contributed by atoms with Crippen LogP contribution in [0.1, 0.15) is 5.56 Å². The molecule has 2 aromatic heterocycles. The Morgan fingerprint density at radius 3 is 3.18 bits per heavy atom. The van der Waals surface area contributed by atoms with Crippen LogP contribution in [0.2, 0.25) is 0 Å². The van der Waals surface area contributed by atoms with Gasteiger partial charge in [0.05, 0.1) is 6.61 Å². The molecular weight excluding hydrogens is 238 g/mol. The first-order chi connectivity index (χ1) is 8.28. The van der Waals surface area contributed by atoms with Crippen LogP contribution in [0, 0.1) is 0 Å². The summed E-state index contributed by atoms with van der Waals surface area (Å²) in [5.74, 6) is -0.139. The number of aliphatic hydroxyl groups is 1. The van der Waals surface area contributed by atoms with Gasteiger partial charge in [0.15, 0.2) is 17.5 Å². The van der Waals surface area contributed by atoms with E-state index in [1.165, 1.54) is 11.3 Å². The molecule has 2 aromatic rings. The number of aromatic nitrogens is 2. The van der Waals surface area contributed by atoms with Crippen molar-refractivity contribution in [1.82, 2.24) is 4.98 Å². The van der Waals surface area contributed by atoms with E-state index >= 15 is 0 Å². The summed E-state index contributed by atoms with van der Waals surface area (Å²) in [6, 6.07) is 3.59. The van der Waals surface area contributed by atoms with Crippen LogP contribution in [-0.2, 0) is 17.9 Å². The molecule has 0 aliphatic heterocycles. The van der Waals surface area contributed by atoms with Gasteiger partial charge in [0.25, 0.3) is 5.91 Å². The van der Waals surface area contributed by atoms with Crippen molar-refractivity contribution in [2.75, 3.05) is 5.32 Å². The van der Waals surface area contributed by atoms with Gasteiger partial charge in [-0.05, 0) is 6.07 Å². The van der Waals surface area contributed by atoms with Crippen molar-refractivity contribution in [3.05, 3.63) is 41.7 Å². The second-order valence-corrected chi connectivity index (χ2v) is 4.32. The second kappa shape index (κ2) is 5.51. The average molecular weight is 250 g/mol. The zero-order valence-electron chi connectivity index (χ0n) is 9.04. The normalized spacial score (nSPS) is 10.2. The summed E-state index contributed by atoms with van der Waals surface area (Å²) in [4.78, 5) is 15.6. The van der Waals surface area contributed by atoms with E-state index in [0.717, 1.165) is 5.56 Å². The fraction of sp³-hybridized carbons (Fsp3) is 0.182. The molecule has 2 heterocycles. The van der Waals surface area contributed by atoms with Crippen molar-refractivity contribution in [3.63, 3.8) is 0 Å². The monoisotopic (exact) mass is 250 g/mol. The number of pyridine rings is 1. The molecule has 0 spiro atoms. The molecule has 2 N–H and O–H groups in total. The minimum Gasteiger partial charge on any atom is -0.391 e. The number of nitrogens with zero attached hydrogens (tertiary/aromatic N) is 2. The van der Waals surface area contributed by atoms with E-state index in [1.807, 2.05) is 0 Å². The van der Waals surface area contributed by atoms with E-state index in [1.54, 1.807) is 40.7 Å². The molecule has 0 aromatic carbocycles. The van der Waals surface area contributed by atoms with Gasteiger partial charge in [-0.3, -0.25) is 10.1 Å². The molecular formula is C11H12N3O2S+. The molecule has 2 rings (SSSR count). The van der Waals surface area contributed by atoms with Crippen LogP contribution in [0.25, 0.3) is 0 Å². The number of nitrogens with one attached hydrogen (secondary N) is 1. The molecule has 0 unspecified atom stereocenters. The number of rotatable bonds is 4. The van der Waals surface area contributed by atoms with E-state index in [2.05, 4.69) is 10.3 Å². The highest BCUT2D eigenvalue weighted by atomic mass is 32.1. The standard InChI is InChI=1S/C11H11N3O2S/c15-8-9-2-1-4-14(6-9)7-10(16)13-11-12-3-5-17-11/h1-6,15H,7-8H2/p+1. The largest absolute Gasteiger partial charge is 0.391 e. The highest BCUT2D eigenvalue weighted by Gasteiger charge is 2.10. The van der Waals surface area contributed by atoms with E-state index in [-0.39, 0.29) is 19.1 Å². The number of thiazole rings is 1. The topological polar surface area (TPSA) is 66.1 Å². The maximum absolute atomic E-state index is 11.7. The summed E-state index contributed by atoms with van der Waals surface area (Å²) in [5.41, 5.74) is 0.773. The van der Waals surface area contributed by atoms with Crippen LogP contribution < -0.4 is 9.88 Å². The maximum Gasteiger partial charge on any atom is 0.292 e. The van der Waals surface area contributed by atoms with Crippen molar-refractivity contribution in [3.8, 4) is 0 Å². The number of carbonyl (C=O) groups excluding carboxylic acids is 1. The summed E-state index contributed by atoms with van der Waals surface area (Å²) in [6.07, 6.45) is 5.15. The Morgan fingerprint density at radius 2 is 2.47 bits per heavy atom. The predicted octanol–water partition coefficient (Wildman–Crippen LogP) is 0.562. The molecule has 0 fully saturated rings. The minimum atomic E-state index is -0.139. The van der Waals surface area contributed by atoms with Gasteiger partial charge in [-0.1, -0.05) is 0 Å². The van der Waals surface area contributed by atoms with E-state index in [0.29, 0.717) is 5.13 Å². The zero-order valence-corrected chi connectivity index (χ0v) is 9.85. The van der Waals surface area contributed by atoms with Crippen molar-refractivity contribution in [2.24, 2.45) is 0 Å². The molecule has 0 bridgehead atoms. The van der Waals surface area contributed by atoms with Gasteiger partial charge in [-0.25, -0.2) is 4.98 Å². The van der Waals surface area contributed by atoms with Gasteiger partial charge in [-0.2, -0.15) is 4.57 Å². The van der Waals surface area contributed by atoms with Gasteiger partial charge in [0.2, 0.25) is 6.54 Å². The van der Waals surface area contributed by atoms with Crippen LogP contribution in [0.4, 0.5) is 5.13 Å². The number of hydrogen-bond donors (Lipinski definition) is 2. The van der Waals surface area contributed by atoms with Crippen molar-refractivity contribution in [1.29, 1.82) is 0 Å². The van der Waals surface area contributed by atoms with Gasteiger partial charge < -0.3 is 5.11 Å². The van der Waals surface area contributed by atoms with E-state index < -0.39 is 0 Å². The summed E-state index contributed by atoms with van der Waals surface area (Å²) in [6.45, 7) is 0.169. The number of amides is 1. The second-order valence-electron chi connectivity index (χ2n) is 3.43. The lowest BCUT2D eigenvalue weighted by molar-refractivity contribution is -0.684. The molecule has 88 valence electrons. The molecule has 0 radical (unpaired) electrons. The molecule has 0 aliphatic rings. The first-order valence-electron chi connectivity index (χ1n) is 5.06. The molecule has 1 amide bonds. The third-order valence-corrected chi connectivity index (χ3v) is 2.80. The van der Waals surface area contributed by atoms with Gasteiger partial charge in [0.1, 0.15) is 0 Å². The molecule has 0 saturated heterocycles. The SMILES string of the molecule is O=C(C[n+]1cccc(CO)c1)Nc1nccs1. The van der Waals surface area contributed by atoms with E-state index in [9.17, 15) is 4.79 Å². The van der Waals surface area contributed by atoms with Crippen molar-refractivity contribution in [2.45, 2.75) is 13.2 Å². The van der Waals surface area contributed by atoms with Crippen LogP contribution in [0.3, 0.4) is 0 Å². The Hall–Kier alpha value is -1.79. The Balaban J connectivity index is 1.98. The lowest BCUT2D eigenvalue weighted by Crippen LogP contribution is -2.40. The Bertz CT molecular complexity index is 499. The van der Waals surface area contributed by atoms with Crippen LogP contribution in [0.5, 0.6) is 0 Å². The molecule has 0 atom stereocenters. The first-order valence-corrected chi connectivity index (χ1v) is 5.94. The number of aliphatic hydroxyl groups excluding tert-OH is 1. The number of anilines is 1. The smallest absolute Gasteiger partial charge is 0.292 e.